The van der Waals surface area contributed by atoms with Crippen molar-refractivity contribution in [3.8, 4) is 17.2 Å². The van der Waals surface area contributed by atoms with Crippen LogP contribution >= 0.6 is 0 Å². The first-order chi connectivity index (χ1) is 13.8. The van der Waals surface area contributed by atoms with Crippen LogP contribution in [0.4, 0.5) is 5.69 Å². The van der Waals surface area contributed by atoms with Crippen molar-refractivity contribution in [3.05, 3.63) is 57.6 Å². The first-order valence-corrected chi connectivity index (χ1v) is 8.36. The SMILES string of the molecule is COc1cc(/C=N\NC(=O)COc2ccc(C)cc2[N+](=O)[O-])ccc1OC(C)=O. The second-order valence-corrected chi connectivity index (χ2v) is 5.81. The van der Waals surface area contributed by atoms with E-state index in [1.165, 1.54) is 38.4 Å². The normalized spacial score (nSPS) is 10.4. The molecule has 0 aliphatic rings. The average molecular weight is 401 g/mol. The highest BCUT2D eigenvalue weighted by molar-refractivity contribution is 5.84. The fourth-order valence-electron chi connectivity index (χ4n) is 2.25. The van der Waals surface area contributed by atoms with E-state index in [1.54, 1.807) is 25.1 Å². The van der Waals surface area contributed by atoms with Crippen LogP contribution in [0.5, 0.6) is 17.2 Å². The van der Waals surface area contributed by atoms with E-state index in [0.717, 1.165) is 0 Å². The lowest BCUT2D eigenvalue weighted by molar-refractivity contribution is -0.385. The van der Waals surface area contributed by atoms with Gasteiger partial charge in [-0.25, -0.2) is 5.43 Å². The van der Waals surface area contributed by atoms with E-state index in [-0.39, 0.29) is 17.2 Å². The number of hydrogen-bond acceptors (Lipinski definition) is 8. The molecule has 0 saturated heterocycles. The Morgan fingerprint density at radius 1 is 1.17 bits per heavy atom. The second kappa shape index (κ2) is 9.83. The molecule has 0 radical (unpaired) electrons. The Morgan fingerprint density at radius 2 is 1.90 bits per heavy atom. The van der Waals surface area contributed by atoms with Gasteiger partial charge in [-0.05, 0) is 42.3 Å². The number of ether oxygens (including phenoxy) is 3. The number of carbonyl (C=O) groups excluding carboxylic acids is 2. The molecule has 2 aromatic carbocycles. The summed E-state index contributed by atoms with van der Waals surface area (Å²) in [4.78, 5) is 33.4. The Hall–Kier alpha value is -3.95. The van der Waals surface area contributed by atoms with Crippen molar-refractivity contribution in [2.24, 2.45) is 5.10 Å². The van der Waals surface area contributed by atoms with E-state index < -0.39 is 23.4 Å². The largest absolute Gasteiger partial charge is 0.493 e. The zero-order valence-corrected chi connectivity index (χ0v) is 16.0. The Kier molecular flexibility index (Phi) is 7.24. The van der Waals surface area contributed by atoms with Crippen molar-refractivity contribution in [1.29, 1.82) is 0 Å². The van der Waals surface area contributed by atoms with Gasteiger partial charge in [0.2, 0.25) is 0 Å². The third kappa shape index (κ3) is 6.31. The Bertz CT molecular complexity index is 957. The summed E-state index contributed by atoms with van der Waals surface area (Å²) in [6.07, 6.45) is 1.35. The predicted octanol–water partition coefficient (Wildman–Crippen LogP) is 2.37. The van der Waals surface area contributed by atoms with E-state index in [2.05, 4.69) is 10.5 Å². The van der Waals surface area contributed by atoms with Crippen molar-refractivity contribution in [2.45, 2.75) is 13.8 Å². The molecule has 0 saturated carbocycles. The summed E-state index contributed by atoms with van der Waals surface area (Å²) in [5.41, 5.74) is 3.31. The molecular weight excluding hydrogens is 382 g/mol. The number of aryl methyl sites for hydroxylation is 1. The molecule has 0 fully saturated rings. The summed E-state index contributed by atoms with van der Waals surface area (Å²) >= 11 is 0. The van der Waals surface area contributed by atoms with Crippen LogP contribution in [0.2, 0.25) is 0 Å². The summed E-state index contributed by atoms with van der Waals surface area (Å²) in [5, 5.41) is 14.8. The molecule has 29 heavy (non-hydrogen) atoms. The summed E-state index contributed by atoms with van der Waals surface area (Å²) in [6.45, 7) is 2.54. The number of hydrogen-bond donors (Lipinski definition) is 1. The number of hydrazone groups is 1. The maximum absolute atomic E-state index is 11.9. The summed E-state index contributed by atoms with van der Waals surface area (Å²) in [5.74, 6) is -0.504. The van der Waals surface area contributed by atoms with Gasteiger partial charge in [0.25, 0.3) is 5.91 Å². The standard InChI is InChI=1S/C19H19N3O7/c1-12-4-6-16(15(8-12)22(25)26)28-11-19(24)21-20-10-14-5-7-17(29-13(2)23)18(9-14)27-3/h4-10H,11H2,1-3H3,(H,21,24)/b20-10-. The van der Waals surface area contributed by atoms with Gasteiger partial charge in [0, 0.05) is 13.0 Å². The minimum Gasteiger partial charge on any atom is -0.493 e. The van der Waals surface area contributed by atoms with Crippen molar-refractivity contribution >= 4 is 23.8 Å². The highest BCUT2D eigenvalue weighted by atomic mass is 16.6. The van der Waals surface area contributed by atoms with Crippen LogP contribution in [0.15, 0.2) is 41.5 Å². The molecule has 1 N–H and O–H groups in total. The van der Waals surface area contributed by atoms with Gasteiger partial charge >= 0.3 is 11.7 Å². The molecule has 10 nitrogen and oxygen atoms in total. The predicted molar refractivity (Wildman–Crippen MR) is 103 cm³/mol. The molecule has 0 spiro atoms. The molecule has 0 heterocycles. The van der Waals surface area contributed by atoms with E-state index >= 15 is 0 Å². The van der Waals surface area contributed by atoms with Crippen molar-refractivity contribution in [2.75, 3.05) is 13.7 Å². The zero-order valence-electron chi connectivity index (χ0n) is 16.0. The van der Waals surface area contributed by atoms with Crippen molar-refractivity contribution < 1.29 is 28.7 Å². The van der Waals surface area contributed by atoms with Crippen LogP contribution in [0.1, 0.15) is 18.1 Å². The summed E-state index contributed by atoms with van der Waals surface area (Å²) < 4.78 is 15.3. The number of carbonyl (C=O) groups is 2. The lowest BCUT2D eigenvalue weighted by atomic mass is 10.2. The number of nitrogens with one attached hydrogen (secondary N) is 1. The van der Waals surface area contributed by atoms with Crippen molar-refractivity contribution in [3.63, 3.8) is 0 Å². The summed E-state index contributed by atoms with van der Waals surface area (Å²) in [6, 6.07) is 9.15. The van der Waals surface area contributed by atoms with Crippen molar-refractivity contribution in [1.82, 2.24) is 5.43 Å². The molecule has 0 aliphatic carbocycles. The van der Waals surface area contributed by atoms with Crippen LogP contribution < -0.4 is 19.6 Å². The molecule has 0 aliphatic heterocycles. The molecule has 1 amide bonds. The van der Waals surface area contributed by atoms with Gasteiger partial charge in [-0.3, -0.25) is 19.7 Å². The minimum absolute atomic E-state index is 0.00877. The number of nitro groups is 1. The van der Waals surface area contributed by atoms with Crippen LogP contribution in [-0.4, -0.2) is 36.7 Å². The van der Waals surface area contributed by atoms with Gasteiger partial charge in [-0.2, -0.15) is 5.10 Å². The first-order valence-electron chi connectivity index (χ1n) is 8.36. The van der Waals surface area contributed by atoms with E-state index in [4.69, 9.17) is 14.2 Å². The Labute approximate surface area is 166 Å². The highest BCUT2D eigenvalue weighted by Crippen LogP contribution is 2.28. The molecule has 0 bridgehead atoms. The highest BCUT2D eigenvalue weighted by Gasteiger charge is 2.16. The first kappa shape index (κ1) is 21.4. The second-order valence-electron chi connectivity index (χ2n) is 5.81. The number of nitrogens with zero attached hydrogens (tertiary/aromatic N) is 2. The molecular formula is C19H19N3O7. The van der Waals surface area contributed by atoms with Crippen LogP contribution in [0, 0.1) is 17.0 Å². The number of amides is 1. The van der Waals surface area contributed by atoms with E-state index in [0.29, 0.717) is 16.9 Å². The molecule has 0 unspecified atom stereocenters. The van der Waals surface area contributed by atoms with Gasteiger partial charge in [0.15, 0.2) is 23.9 Å². The lowest BCUT2D eigenvalue weighted by Gasteiger charge is -2.08. The minimum atomic E-state index is -0.598. The summed E-state index contributed by atoms with van der Waals surface area (Å²) in [7, 11) is 1.42. The van der Waals surface area contributed by atoms with Crippen LogP contribution in [0.25, 0.3) is 0 Å². The number of rotatable bonds is 8. The fourth-order valence-corrected chi connectivity index (χ4v) is 2.25. The maximum Gasteiger partial charge on any atom is 0.311 e. The van der Waals surface area contributed by atoms with Gasteiger partial charge < -0.3 is 14.2 Å². The fraction of sp³-hybridized carbons (Fsp3) is 0.211. The number of nitro benzene ring substituents is 1. The third-order valence-corrected chi connectivity index (χ3v) is 3.51. The average Bonchev–Trinajstić information content (AvgIpc) is 2.67. The molecule has 2 rings (SSSR count). The van der Waals surface area contributed by atoms with Gasteiger partial charge in [-0.15, -0.1) is 0 Å². The molecule has 0 atom stereocenters. The zero-order chi connectivity index (χ0) is 21.4. The van der Waals surface area contributed by atoms with Gasteiger partial charge in [-0.1, -0.05) is 6.07 Å². The number of esters is 1. The Morgan fingerprint density at radius 3 is 2.55 bits per heavy atom. The number of benzene rings is 2. The van der Waals surface area contributed by atoms with Crippen LogP contribution in [0.3, 0.4) is 0 Å². The van der Waals surface area contributed by atoms with E-state index in [9.17, 15) is 19.7 Å². The Balaban J connectivity index is 1.95. The third-order valence-electron chi connectivity index (χ3n) is 3.51. The molecule has 0 aromatic heterocycles. The maximum atomic E-state index is 11.9. The topological polar surface area (TPSA) is 129 Å². The quantitative estimate of drug-likeness (QED) is 0.236. The van der Waals surface area contributed by atoms with Gasteiger partial charge in [0.1, 0.15) is 0 Å². The number of methoxy groups -OCH3 is 1. The molecule has 10 heteroatoms. The van der Waals surface area contributed by atoms with Gasteiger partial charge in [0.05, 0.1) is 18.2 Å². The molecule has 2 aromatic rings. The van der Waals surface area contributed by atoms with E-state index in [1.807, 2.05) is 0 Å². The lowest BCUT2D eigenvalue weighted by Crippen LogP contribution is -2.24. The van der Waals surface area contributed by atoms with Crippen LogP contribution in [-0.2, 0) is 9.59 Å². The molecule has 152 valence electrons. The smallest absolute Gasteiger partial charge is 0.311 e. The monoisotopic (exact) mass is 401 g/mol.